The first-order valence-electron chi connectivity index (χ1n) is 5.63. The standard InChI is InChI=1S/C12H13ClN4OS/c1-12(2,3)10-9(19-17-16-10)11(18)15-7-4-5-8(13)14-6-7/h4-6H,1-3H3,(H,15,18). The molecule has 0 radical (unpaired) electrons. The Morgan fingerprint density at radius 3 is 2.68 bits per heavy atom. The molecule has 1 N–H and O–H groups in total. The van der Waals surface area contributed by atoms with Crippen LogP contribution in [0.4, 0.5) is 5.69 Å². The highest BCUT2D eigenvalue weighted by Gasteiger charge is 2.26. The minimum Gasteiger partial charge on any atom is -0.320 e. The first-order chi connectivity index (χ1) is 8.88. The van der Waals surface area contributed by atoms with Gasteiger partial charge in [0, 0.05) is 5.41 Å². The molecule has 1 amide bonds. The Bertz CT molecular complexity index is 589. The number of amides is 1. The molecular weight excluding hydrogens is 284 g/mol. The Labute approximate surface area is 120 Å². The fourth-order valence-corrected chi connectivity index (χ4v) is 2.35. The second-order valence-corrected chi connectivity index (χ2v) is 6.17. The Morgan fingerprint density at radius 1 is 1.37 bits per heavy atom. The van der Waals surface area contributed by atoms with Gasteiger partial charge in [-0.3, -0.25) is 4.79 Å². The highest BCUT2D eigenvalue weighted by Crippen LogP contribution is 2.26. The van der Waals surface area contributed by atoms with E-state index in [2.05, 4.69) is 19.9 Å². The molecule has 0 bridgehead atoms. The zero-order valence-corrected chi connectivity index (χ0v) is 12.3. The van der Waals surface area contributed by atoms with Crippen LogP contribution in [0.5, 0.6) is 0 Å². The van der Waals surface area contributed by atoms with Crippen LogP contribution in [0.2, 0.25) is 5.15 Å². The molecule has 2 aromatic rings. The molecule has 19 heavy (non-hydrogen) atoms. The first kappa shape index (κ1) is 13.9. The lowest BCUT2D eigenvalue weighted by molar-refractivity contribution is 0.102. The van der Waals surface area contributed by atoms with Crippen LogP contribution in [-0.2, 0) is 5.41 Å². The van der Waals surface area contributed by atoms with E-state index in [1.807, 2.05) is 20.8 Å². The van der Waals surface area contributed by atoms with E-state index in [1.54, 1.807) is 12.1 Å². The molecule has 0 aliphatic carbocycles. The van der Waals surface area contributed by atoms with E-state index in [0.29, 0.717) is 21.4 Å². The van der Waals surface area contributed by atoms with Gasteiger partial charge in [-0.05, 0) is 23.7 Å². The number of carbonyl (C=O) groups excluding carboxylic acids is 1. The zero-order chi connectivity index (χ0) is 14.0. The molecule has 0 aliphatic rings. The van der Waals surface area contributed by atoms with Crippen LogP contribution in [0.25, 0.3) is 0 Å². The predicted octanol–water partition coefficient (Wildman–Crippen LogP) is 3.14. The van der Waals surface area contributed by atoms with Gasteiger partial charge in [-0.2, -0.15) is 0 Å². The Morgan fingerprint density at radius 2 is 2.11 bits per heavy atom. The lowest BCUT2D eigenvalue weighted by Gasteiger charge is -2.16. The highest BCUT2D eigenvalue weighted by molar-refractivity contribution is 7.08. The second kappa shape index (κ2) is 5.22. The number of nitrogens with one attached hydrogen (secondary N) is 1. The number of hydrogen-bond donors (Lipinski definition) is 1. The fourth-order valence-electron chi connectivity index (χ4n) is 1.47. The van der Waals surface area contributed by atoms with Crippen molar-refractivity contribution in [1.29, 1.82) is 0 Å². The predicted molar refractivity (Wildman–Crippen MR) is 75.8 cm³/mol. The van der Waals surface area contributed by atoms with Crippen molar-refractivity contribution >= 4 is 34.7 Å². The molecule has 2 aromatic heterocycles. The van der Waals surface area contributed by atoms with E-state index < -0.39 is 0 Å². The van der Waals surface area contributed by atoms with E-state index in [4.69, 9.17) is 11.6 Å². The summed E-state index contributed by atoms with van der Waals surface area (Å²) in [5.41, 5.74) is 1.05. The fraction of sp³-hybridized carbons (Fsp3) is 0.333. The van der Waals surface area contributed by atoms with Crippen molar-refractivity contribution in [3.63, 3.8) is 0 Å². The zero-order valence-electron chi connectivity index (χ0n) is 10.8. The topological polar surface area (TPSA) is 67.8 Å². The van der Waals surface area contributed by atoms with E-state index in [1.165, 1.54) is 6.20 Å². The molecule has 0 aliphatic heterocycles. The summed E-state index contributed by atoms with van der Waals surface area (Å²) in [5, 5.41) is 7.17. The first-order valence-corrected chi connectivity index (χ1v) is 6.79. The smallest absolute Gasteiger partial charge is 0.269 e. The maximum absolute atomic E-state index is 12.2. The molecule has 0 unspecified atom stereocenters. The number of halogens is 1. The van der Waals surface area contributed by atoms with Crippen molar-refractivity contribution in [3.05, 3.63) is 34.1 Å². The number of pyridine rings is 1. The van der Waals surface area contributed by atoms with Gasteiger partial charge in [-0.15, -0.1) is 5.10 Å². The number of carbonyl (C=O) groups is 1. The minimum atomic E-state index is -0.232. The van der Waals surface area contributed by atoms with Crippen molar-refractivity contribution in [2.75, 3.05) is 5.32 Å². The summed E-state index contributed by atoms with van der Waals surface area (Å²) in [6.07, 6.45) is 1.51. The van der Waals surface area contributed by atoms with E-state index in [9.17, 15) is 4.79 Å². The summed E-state index contributed by atoms with van der Waals surface area (Å²) in [4.78, 5) is 16.6. The second-order valence-electron chi connectivity index (χ2n) is 5.02. The van der Waals surface area contributed by atoms with Gasteiger partial charge < -0.3 is 5.32 Å². The molecule has 5 nitrogen and oxygen atoms in total. The number of rotatable bonds is 2. The number of aromatic nitrogens is 3. The average molecular weight is 297 g/mol. The molecule has 0 spiro atoms. The molecule has 0 saturated heterocycles. The average Bonchev–Trinajstić information content (AvgIpc) is 2.81. The van der Waals surface area contributed by atoms with Crippen molar-refractivity contribution in [2.24, 2.45) is 0 Å². The maximum atomic E-state index is 12.2. The largest absolute Gasteiger partial charge is 0.320 e. The van der Waals surface area contributed by atoms with Gasteiger partial charge in [0.1, 0.15) is 10.0 Å². The monoisotopic (exact) mass is 296 g/mol. The van der Waals surface area contributed by atoms with Crippen LogP contribution in [-0.4, -0.2) is 20.5 Å². The van der Waals surface area contributed by atoms with Crippen molar-refractivity contribution in [2.45, 2.75) is 26.2 Å². The third kappa shape index (κ3) is 3.27. The van der Waals surface area contributed by atoms with Crippen LogP contribution >= 0.6 is 23.1 Å². The summed E-state index contributed by atoms with van der Waals surface area (Å²) in [6, 6.07) is 3.31. The number of nitrogens with zero attached hydrogens (tertiary/aromatic N) is 3. The number of anilines is 1. The molecule has 0 fully saturated rings. The molecule has 100 valence electrons. The molecule has 2 rings (SSSR count). The van der Waals surface area contributed by atoms with E-state index >= 15 is 0 Å². The SMILES string of the molecule is CC(C)(C)c1nnsc1C(=O)Nc1ccc(Cl)nc1. The van der Waals surface area contributed by atoms with Crippen molar-refractivity contribution in [3.8, 4) is 0 Å². The Balaban J connectivity index is 2.21. The van der Waals surface area contributed by atoms with Gasteiger partial charge in [0.05, 0.1) is 17.6 Å². The number of hydrogen-bond acceptors (Lipinski definition) is 5. The van der Waals surface area contributed by atoms with Crippen LogP contribution in [0.1, 0.15) is 36.1 Å². The highest BCUT2D eigenvalue weighted by atomic mass is 35.5. The van der Waals surface area contributed by atoms with E-state index in [0.717, 1.165) is 11.5 Å². The van der Waals surface area contributed by atoms with Crippen LogP contribution < -0.4 is 5.32 Å². The van der Waals surface area contributed by atoms with Crippen LogP contribution in [0.3, 0.4) is 0 Å². The molecule has 0 aromatic carbocycles. The quantitative estimate of drug-likeness (QED) is 0.865. The maximum Gasteiger partial charge on any atom is 0.269 e. The Kier molecular flexibility index (Phi) is 3.82. The van der Waals surface area contributed by atoms with Gasteiger partial charge in [0.15, 0.2) is 0 Å². The molecule has 7 heteroatoms. The molecule has 2 heterocycles. The van der Waals surface area contributed by atoms with Crippen LogP contribution in [0, 0.1) is 0 Å². The van der Waals surface area contributed by atoms with E-state index in [-0.39, 0.29) is 11.3 Å². The lowest BCUT2D eigenvalue weighted by Crippen LogP contribution is -2.19. The summed E-state index contributed by atoms with van der Waals surface area (Å²) >= 11 is 6.78. The molecule has 0 saturated carbocycles. The molecule has 0 atom stereocenters. The Hall–Kier alpha value is -1.53. The minimum absolute atomic E-state index is 0.224. The van der Waals surface area contributed by atoms with Crippen molar-refractivity contribution in [1.82, 2.24) is 14.6 Å². The normalized spacial score (nSPS) is 11.4. The summed E-state index contributed by atoms with van der Waals surface area (Å²) in [5.74, 6) is -0.232. The van der Waals surface area contributed by atoms with Gasteiger partial charge in [0.2, 0.25) is 0 Å². The van der Waals surface area contributed by atoms with Gasteiger partial charge in [-0.25, -0.2) is 4.98 Å². The summed E-state index contributed by atoms with van der Waals surface area (Å²) in [7, 11) is 0. The third-order valence-corrected chi connectivity index (χ3v) is 3.34. The van der Waals surface area contributed by atoms with Gasteiger partial charge in [-0.1, -0.05) is 36.9 Å². The van der Waals surface area contributed by atoms with Gasteiger partial charge >= 0.3 is 0 Å². The third-order valence-electron chi connectivity index (χ3n) is 2.39. The van der Waals surface area contributed by atoms with Crippen LogP contribution in [0.15, 0.2) is 18.3 Å². The summed E-state index contributed by atoms with van der Waals surface area (Å²) < 4.78 is 3.86. The molecular formula is C12H13ClN4OS. The lowest BCUT2D eigenvalue weighted by atomic mass is 9.91. The van der Waals surface area contributed by atoms with Crippen molar-refractivity contribution < 1.29 is 4.79 Å². The van der Waals surface area contributed by atoms with Gasteiger partial charge in [0.25, 0.3) is 5.91 Å². The summed E-state index contributed by atoms with van der Waals surface area (Å²) in [6.45, 7) is 5.97.